The lowest BCUT2D eigenvalue weighted by molar-refractivity contribution is 0.101. The van der Waals surface area contributed by atoms with Gasteiger partial charge < -0.3 is 8.94 Å². The summed E-state index contributed by atoms with van der Waals surface area (Å²) in [6.45, 7) is 6.23. The van der Waals surface area contributed by atoms with Crippen LogP contribution in [0.25, 0.3) is 22.8 Å². The van der Waals surface area contributed by atoms with Crippen molar-refractivity contribution in [2.45, 2.75) is 20.8 Å². The van der Waals surface area contributed by atoms with E-state index >= 15 is 0 Å². The zero-order valence-corrected chi connectivity index (χ0v) is 15.9. The minimum Gasteiger partial charge on any atom is -0.461 e. The summed E-state index contributed by atoms with van der Waals surface area (Å²) in [6, 6.07) is 9.28. The average molecular weight is 379 g/mol. The zero-order chi connectivity index (χ0) is 19.0. The van der Waals surface area contributed by atoms with Gasteiger partial charge in [0.05, 0.1) is 12.0 Å². The first kappa shape index (κ1) is 17.2. The number of rotatable bonds is 4. The lowest BCUT2D eigenvalue weighted by atomic mass is 9.99. The third-order valence-corrected chi connectivity index (χ3v) is 5.11. The van der Waals surface area contributed by atoms with Crippen molar-refractivity contribution in [1.82, 2.24) is 10.1 Å². The van der Waals surface area contributed by atoms with Crippen molar-refractivity contribution in [3.63, 3.8) is 0 Å². The summed E-state index contributed by atoms with van der Waals surface area (Å²) in [7, 11) is 0. The molecule has 0 saturated heterocycles. The van der Waals surface area contributed by atoms with E-state index in [9.17, 15) is 4.79 Å². The number of thiazole rings is 1. The number of benzene rings is 1. The Balaban J connectivity index is 1.53. The molecule has 1 aromatic carbocycles. The van der Waals surface area contributed by atoms with Crippen LogP contribution in [0.2, 0.25) is 0 Å². The van der Waals surface area contributed by atoms with Crippen LogP contribution in [0.1, 0.15) is 27.2 Å². The van der Waals surface area contributed by atoms with Crippen LogP contribution in [0.4, 0.5) is 5.13 Å². The predicted octanol–water partition coefficient (Wildman–Crippen LogP) is 5.24. The quantitative estimate of drug-likeness (QED) is 0.525. The largest absolute Gasteiger partial charge is 0.461 e. The first-order chi connectivity index (χ1) is 13.0. The summed E-state index contributed by atoms with van der Waals surface area (Å²) >= 11 is 1.37. The molecule has 27 heavy (non-hydrogen) atoms. The molecule has 0 saturated carbocycles. The molecule has 0 aliphatic carbocycles. The van der Waals surface area contributed by atoms with Gasteiger partial charge in [0.1, 0.15) is 0 Å². The SMILES string of the molecule is Cc1cc(C)c(-c2csc(NC(=O)c3cc(-c4ccco4)on3)n2)cc1C. The van der Waals surface area contributed by atoms with Gasteiger partial charge >= 0.3 is 0 Å². The molecule has 0 fully saturated rings. The minimum atomic E-state index is -0.380. The molecule has 0 atom stereocenters. The van der Waals surface area contributed by atoms with Gasteiger partial charge in [-0.05, 0) is 55.7 Å². The Labute approximate surface area is 159 Å². The maximum Gasteiger partial charge on any atom is 0.279 e. The summed E-state index contributed by atoms with van der Waals surface area (Å²) in [5.41, 5.74) is 5.69. The highest BCUT2D eigenvalue weighted by Gasteiger charge is 2.17. The lowest BCUT2D eigenvalue weighted by Crippen LogP contribution is -2.11. The van der Waals surface area contributed by atoms with E-state index < -0.39 is 0 Å². The number of hydrogen-bond acceptors (Lipinski definition) is 6. The molecule has 4 aromatic rings. The van der Waals surface area contributed by atoms with Crippen LogP contribution in [0.5, 0.6) is 0 Å². The van der Waals surface area contributed by atoms with Gasteiger partial charge in [0, 0.05) is 17.0 Å². The minimum absolute atomic E-state index is 0.167. The Kier molecular flexibility index (Phi) is 4.37. The molecule has 4 rings (SSSR count). The molecule has 3 heterocycles. The summed E-state index contributed by atoms with van der Waals surface area (Å²) in [5.74, 6) is 0.535. The number of aryl methyl sites for hydroxylation is 3. The van der Waals surface area contributed by atoms with Gasteiger partial charge in [0.2, 0.25) is 5.76 Å². The second-order valence-electron chi connectivity index (χ2n) is 6.30. The summed E-state index contributed by atoms with van der Waals surface area (Å²) in [4.78, 5) is 17.0. The van der Waals surface area contributed by atoms with E-state index in [4.69, 9.17) is 8.94 Å². The third kappa shape index (κ3) is 3.41. The van der Waals surface area contributed by atoms with Crippen molar-refractivity contribution in [2.24, 2.45) is 0 Å². The highest BCUT2D eigenvalue weighted by Crippen LogP contribution is 2.30. The summed E-state index contributed by atoms with van der Waals surface area (Å²) in [6.07, 6.45) is 1.53. The normalized spacial score (nSPS) is 10.9. The smallest absolute Gasteiger partial charge is 0.279 e. The predicted molar refractivity (Wildman–Crippen MR) is 104 cm³/mol. The second-order valence-corrected chi connectivity index (χ2v) is 7.16. The zero-order valence-electron chi connectivity index (χ0n) is 15.1. The molecule has 0 aliphatic heterocycles. The number of nitrogens with zero attached hydrogens (tertiary/aromatic N) is 2. The van der Waals surface area contributed by atoms with Gasteiger partial charge in [-0.25, -0.2) is 4.98 Å². The molecule has 3 aromatic heterocycles. The maximum atomic E-state index is 12.4. The average Bonchev–Trinajstić information content (AvgIpc) is 3.38. The molecule has 6 nitrogen and oxygen atoms in total. The van der Waals surface area contributed by atoms with Crippen molar-refractivity contribution in [1.29, 1.82) is 0 Å². The van der Waals surface area contributed by atoms with E-state index in [-0.39, 0.29) is 11.6 Å². The molecule has 0 unspecified atom stereocenters. The Hall–Kier alpha value is -3.19. The van der Waals surface area contributed by atoms with Crippen LogP contribution >= 0.6 is 11.3 Å². The summed E-state index contributed by atoms with van der Waals surface area (Å²) < 4.78 is 10.4. The highest BCUT2D eigenvalue weighted by molar-refractivity contribution is 7.14. The molecule has 0 aliphatic rings. The number of amides is 1. The van der Waals surface area contributed by atoms with Gasteiger partial charge in [0.25, 0.3) is 5.91 Å². The van der Waals surface area contributed by atoms with Gasteiger partial charge in [-0.2, -0.15) is 0 Å². The second kappa shape index (κ2) is 6.85. The first-order valence-corrected chi connectivity index (χ1v) is 9.25. The topological polar surface area (TPSA) is 81.2 Å². The van der Waals surface area contributed by atoms with E-state index in [1.54, 1.807) is 12.1 Å². The van der Waals surface area contributed by atoms with E-state index in [1.807, 2.05) is 5.38 Å². The van der Waals surface area contributed by atoms with Gasteiger partial charge in [0.15, 0.2) is 16.6 Å². The Morgan fingerprint density at radius 3 is 2.67 bits per heavy atom. The molecule has 7 heteroatoms. The van der Waals surface area contributed by atoms with Crippen LogP contribution in [-0.2, 0) is 0 Å². The van der Waals surface area contributed by atoms with Crippen molar-refractivity contribution < 1.29 is 13.7 Å². The standard InChI is InChI=1S/C20H17N3O3S/c1-11-7-13(3)14(8-12(11)2)16-10-27-20(21-16)22-19(24)15-9-18(26-23-15)17-5-4-6-25-17/h4-10H,1-3H3,(H,21,22,24). The van der Waals surface area contributed by atoms with Crippen LogP contribution in [0.3, 0.4) is 0 Å². The van der Waals surface area contributed by atoms with Crippen LogP contribution in [0.15, 0.2) is 50.9 Å². The number of anilines is 1. The van der Waals surface area contributed by atoms with Crippen molar-refractivity contribution >= 4 is 22.4 Å². The lowest BCUT2D eigenvalue weighted by Gasteiger charge is -2.07. The highest BCUT2D eigenvalue weighted by atomic mass is 32.1. The number of furan rings is 1. The Morgan fingerprint density at radius 2 is 1.89 bits per heavy atom. The molecule has 1 N–H and O–H groups in total. The van der Waals surface area contributed by atoms with E-state index in [2.05, 4.69) is 48.4 Å². The fourth-order valence-corrected chi connectivity index (χ4v) is 3.48. The van der Waals surface area contributed by atoms with Gasteiger partial charge in [-0.15, -0.1) is 11.3 Å². The molecular formula is C20H17N3O3S. The van der Waals surface area contributed by atoms with Crippen LogP contribution in [-0.4, -0.2) is 16.0 Å². The molecule has 0 bridgehead atoms. The monoisotopic (exact) mass is 379 g/mol. The number of aromatic nitrogens is 2. The fourth-order valence-electron chi connectivity index (χ4n) is 2.77. The molecule has 136 valence electrons. The number of nitrogens with one attached hydrogen (secondary N) is 1. The first-order valence-electron chi connectivity index (χ1n) is 8.37. The van der Waals surface area contributed by atoms with E-state index in [1.165, 1.54) is 34.8 Å². The third-order valence-electron chi connectivity index (χ3n) is 4.35. The van der Waals surface area contributed by atoms with Gasteiger partial charge in [-0.1, -0.05) is 11.2 Å². The summed E-state index contributed by atoms with van der Waals surface area (Å²) in [5, 5.41) is 9.01. The van der Waals surface area contributed by atoms with Crippen molar-refractivity contribution in [2.75, 3.05) is 5.32 Å². The number of carbonyl (C=O) groups excluding carboxylic acids is 1. The van der Waals surface area contributed by atoms with Crippen molar-refractivity contribution in [3.8, 4) is 22.8 Å². The molecular weight excluding hydrogens is 362 g/mol. The van der Waals surface area contributed by atoms with E-state index in [0.29, 0.717) is 16.7 Å². The molecule has 0 spiro atoms. The van der Waals surface area contributed by atoms with E-state index in [0.717, 1.165) is 16.8 Å². The maximum absolute atomic E-state index is 12.4. The molecule has 0 radical (unpaired) electrons. The van der Waals surface area contributed by atoms with Gasteiger partial charge in [-0.3, -0.25) is 10.1 Å². The Morgan fingerprint density at radius 1 is 1.07 bits per heavy atom. The van der Waals surface area contributed by atoms with Crippen LogP contribution in [0, 0.1) is 20.8 Å². The number of carbonyl (C=O) groups is 1. The fraction of sp³-hybridized carbons (Fsp3) is 0.150. The van der Waals surface area contributed by atoms with Crippen LogP contribution < -0.4 is 5.32 Å². The van der Waals surface area contributed by atoms with Crippen molar-refractivity contribution in [3.05, 3.63) is 64.4 Å². The number of hydrogen-bond donors (Lipinski definition) is 1. The Bertz CT molecular complexity index is 1110. The molecule has 1 amide bonds.